The van der Waals surface area contributed by atoms with E-state index in [-0.39, 0.29) is 11.8 Å². The minimum Gasteiger partial charge on any atom is -0.317 e. The van der Waals surface area contributed by atoms with E-state index in [1.54, 1.807) is 20.2 Å². The summed E-state index contributed by atoms with van der Waals surface area (Å²) >= 11 is 0. The number of rotatable bonds is 5. The van der Waals surface area contributed by atoms with Crippen molar-refractivity contribution in [3.8, 4) is 0 Å². The monoisotopic (exact) mass is 232 g/mol. The van der Waals surface area contributed by atoms with Gasteiger partial charge in [-0.3, -0.25) is 0 Å². The van der Waals surface area contributed by atoms with Crippen molar-refractivity contribution >= 4 is 10.0 Å². The van der Waals surface area contributed by atoms with Crippen LogP contribution in [0.4, 0.5) is 0 Å². The SMILES string of the molecule is CCn1cnnc1[C@H](C)NS(=O)(=O)CC. The average molecular weight is 232 g/mol. The van der Waals surface area contributed by atoms with E-state index in [0.717, 1.165) is 6.54 Å². The van der Waals surface area contributed by atoms with Crippen LogP contribution in [-0.4, -0.2) is 28.9 Å². The van der Waals surface area contributed by atoms with Crippen LogP contribution in [0.1, 0.15) is 32.6 Å². The lowest BCUT2D eigenvalue weighted by atomic mass is 10.3. The predicted octanol–water partition coefficient (Wildman–Crippen LogP) is 0.298. The molecule has 0 amide bonds. The summed E-state index contributed by atoms with van der Waals surface area (Å²) in [5.74, 6) is 0.701. The van der Waals surface area contributed by atoms with Crippen LogP contribution in [0, 0.1) is 0 Å². The Morgan fingerprint density at radius 2 is 2.20 bits per heavy atom. The van der Waals surface area contributed by atoms with E-state index in [2.05, 4.69) is 14.9 Å². The zero-order chi connectivity index (χ0) is 11.5. The highest BCUT2D eigenvalue weighted by molar-refractivity contribution is 7.89. The van der Waals surface area contributed by atoms with Crippen LogP contribution in [-0.2, 0) is 16.6 Å². The number of hydrogen-bond donors (Lipinski definition) is 1. The first-order valence-electron chi connectivity index (χ1n) is 4.87. The Kier molecular flexibility index (Phi) is 3.81. The molecule has 0 spiro atoms. The molecule has 0 aliphatic carbocycles. The molecule has 0 radical (unpaired) electrons. The summed E-state index contributed by atoms with van der Waals surface area (Å²) < 4.78 is 27.0. The largest absolute Gasteiger partial charge is 0.317 e. The second-order valence-electron chi connectivity index (χ2n) is 3.22. The van der Waals surface area contributed by atoms with Crippen molar-refractivity contribution in [3.63, 3.8) is 0 Å². The molecule has 7 heteroatoms. The molecule has 0 aromatic carbocycles. The fourth-order valence-electron chi connectivity index (χ4n) is 1.25. The average Bonchev–Trinajstić information content (AvgIpc) is 2.64. The molecule has 15 heavy (non-hydrogen) atoms. The summed E-state index contributed by atoms with van der Waals surface area (Å²) in [5.41, 5.74) is 0. The maximum absolute atomic E-state index is 11.3. The smallest absolute Gasteiger partial charge is 0.211 e. The van der Waals surface area contributed by atoms with Crippen molar-refractivity contribution in [2.75, 3.05) is 5.75 Å². The van der Waals surface area contributed by atoms with Gasteiger partial charge in [0.05, 0.1) is 11.8 Å². The molecular weight excluding hydrogens is 216 g/mol. The summed E-state index contributed by atoms with van der Waals surface area (Å²) in [6.45, 7) is 6.03. The van der Waals surface area contributed by atoms with Gasteiger partial charge in [-0.05, 0) is 20.8 Å². The molecule has 0 bridgehead atoms. The highest BCUT2D eigenvalue weighted by Gasteiger charge is 2.17. The first-order valence-corrected chi connectivity index (χ1v) is 6.53. The molecule has 1 heterocycles. The second kappa shape index (κ2) is 4.71. The number of sulfonamides is 1. The number of aromatic nitrogens is 3. The van der Waals surface area contributed by atoms with E-state index in [9.17, 15) is 8.42 Å². The molecule has 1 N–H and O–H groups in total. The van der Waals surface area contributed by atoms with Gasteiger partial charge >= 0.3 is 0 Å². The van der Waals surface area contributed by atoms with E-state index >= 15 is 0 Å². The van der Waals surface area contributed by atoms with E-state index in [0.29, 0.717) is 5.82 Å². The highest BCUT2D eigenvalue weighted by Crippen LogP contribution is 2.09. The quantitative estimate of drug-likeness (QED) is 0.792. The number of aryl methyl sites for hydroxylation is 1. The molecule has 1 aromatic heterocycles. The van der Waals surface area contributed by atoms with Crippen molar-refractivity contribution < 1.29 is 8.42 Å². The molecule has 0 aliphatic rings. The van der Waals surface area contributed by atoms with Crippen LogP contribution in [0.2, 0.25) is 0 Å². The third-order valence-corrected chi connectivity index (χ3v) is 3.58. The van der Waals surface area contributed by atoms with Gasteiger partial charge in [0.15, 0.2) is 5.82 Å². The Morgan fingerprint density at radius 3 is 2.73 bits per heavy atom. The van der Waals surface area contributed by atoms with Gasteiger partial charge in [0, 0.05) is 6.54 Å². The van der Waals surface area contributed by atoms with Gasteiger partial charge in [0.25, 0.3) is 0 Å². The molecule has 0 unspecified atom stereocenters. The van der Waals surface area contributed by atoms with E-state index in [4.69, 9.17) is 0 Å². The zero-order valence-electron chi connectivity index (χ0n) is 9.14. The van der Waals surface area contributed by atoms with Crippen LogP contribution >= 0.6 is 0 Å². The number of nitrogens with one attached hydrogen (secondary N) is 1. The first-order chi connectivity index (χ1) is 7.00. The van der Waals surface area contributed by atoms with Gasteiger partial charge in [-0.2, -0.15) is 0 Å². The van der Waals surface area contributed by atoms with Crippen LogP contribution < -0.4 is 4.72 Å². The normalized spacial score (nSPS) is 14.1. The van der Waals surface area contributed by atoms with E-state index in [1.807, 2.05) is 11.5 Å². The predicted molar refractivity (Wildman–Crippen MR) is 56.7 cm³/mol. The summed E-state index contributed by atoms with van der Waals surface area (Å²) in [5, 5.41) is 7.64. The van der Waals surface area contributed by atoms with Gasteiger partial charge in [-0.25, -0.2) is 13.1 Å². The van der Waals surface area contributed by atoms with Crippen molar-refractivity contribution in [2.24, 2.45) is 0 Å². The fourth-order valence-corrected chi connectivity index (χ4v) is 2.06. The van der Waals surface area contributed by atoms with Crippen molar-refractivity contribution in [1.82, 2.24) is 19.5 Å². The number of hydrogen-bond acceptors (Lipinski definition) is 4. The molecule has 1 atom stereocenters. The highest BCUT2D eigenvalue weighted by atomic mass is 32.2. The lowest BCUT2D eigenvalue weighted by Gasteiger charge is -2.13. The minimum absolute atomic E-state index is 0.0671. The van der Waals surface area contributed by atoms with Gasteiger partial charge in [0.2, 0.25) is 10.0 Å². The van der Waals surface area contributed by atoms with Gasteiger partial charge in [-0.1, -0.05) is 0 Å². The Bertz CT molecular complexity index is 412. The lowest BCUT2D eigenvalue weighted by molar-refractivity contribution is 0.547. The zero-order valence-corrected chi connectivity index (χ0v) is 9.95. The molecular formula is C8H16N4O2S. The first kappa shape index (κ1) is 12.1. The summed E-state index contributed by atoms with van der Waals surface area (Å²) in [7, 11) is -3.20. The Balaban J connectivity index is 2.82. The van der Waals surface area contributed by atoms with Gasteiger partial charge in [0.1, 0.15) is 6.33 Å². The third kappa shape index (κ3) is 3.00. The molecule has 0 saturated carbocycles. The minimum atomic E-state index is -3.20. The second-order valence-corrected chi connectivity index (χ2v) is 5.26. The van der Waals surface area contributed by atoms with Crippen LogP contribution in [0.25, 0.3) is 0 Å². The number of nitrogens with zero attached hydrogens (tertiary/aromatic N) is 3. The third-order valence-electron chi connectivity index (χ3n) is 2.11. The maximum Gasteiger partial charge on any atom is 0.211 e. The van der Waals surface area contributed by atoms with Crippen LogP contribution in [0.5, 0.6) is 0 Å². The van der Waals surface area contributed by atoms with E-state index < -0.39 is 10.0 Å². The maximum atomic E-state index is 11.3. The Morgan fingerprint density at radius 1 is 1.53 bits per heavy atom. The molecule has 0 fully saturated rings. The van der Waals surface area contributed by atoms with Gasteiger partial charge < -0.3 is 4.57 Å². The van der Waals surface area contributed by atoms with Crippen LogP contribution in [0.15, 0.2) is 6.33 Å². The summed E-state index contributed by atoms with van der Waals surface area (Å²) in [4.78, 5) is 0. The Hall–Kier alpha value is -0.950. The lowest BCUT2D eigenvalue weighted by Crippen LogP contribution is -2.29. The van der Waals surface area contributed by atoms with Crippen molar-refractivity contribution in [3.05, 3.63) is 12.2 Å². The van der Waals surface area contributed by atoms with Crippen molar-refractivity contribution in [2.45, 2.75) is 33.4 Å². The molecule has 1 rings (SSSR count). The van der Waals surface area contributed by atoms with E-state index in [1.165, 1.54) is 0 Å². The Labute approximate surface area is 89.8 Å². The summed E-state index contributed by atoms with van der Waals surface area (Å²) in [6.07, 6.45) is 1.59. The van der Waals surface area contributed by atoms with Gasteiger partial charge in [-0.15, -0.1) is 10.2 Å². The topological polar surface area (TPSA) is 76.9 Å². The fraction of sp³-hybridized carbons (Fsp3) is 0.750. The molecule has 1 aromatic rings. The molecule has 86 valence electrons. The van der Waals surface area contributed by atoms with Crippen molar-refractivity contribution in [1.29, 1.82) is 0 Å². The molecule has 0 saturated heterocycles. The molecule has 6 nitrogen and oxygen atoms in total. The van der Waals surface area contributed by atoms with Crippen LogP contribution in [0.3, 0.4) is 0 Å². The molecule has 0 aliphatic heterocycles. The summed E-state index contributed by atoms with van der Waals surface area (Å²) in [6, 6.07) is -0.350. The standard InChI is InChI=1S/C8H16N4O2S/c1-4-12-6-9-10-8(12)7(3)11-15(13,14)5-2/h6-7,11H,4-5H2,1-3H3/t7-/m0/s1.